The lowest BCUT2D eigenvalue weighted by Gasteiger charge is -2.24. The number of amides is 1. The van der Waals surface area contributed by atoms with Gasteiger partial charge in [0.25, 0.3) is 0 Å². The molecule has 0 spiro atoms. The van der Waals surface area contributed by atoms with Crippen molar-refractivity contribution in [2.45, 2.75) is 37.0 Å². The van der Waals surface area contributed by atoms with Gasteiger partial charge in [-0.3, -0.25) is 9.69 Å². The summed E-state index contributed by atoms with van der Waals surface area (Å²) in [5.41, 5.74) is 2.00. The van der Waals surface area contributed by atoms with Gasteiger partial charge in [0.05, 0.1) is 16.6 Å². The van der Waals surface area contributed by atoms with Crippen molar-refractivity contribution in [2.75, 3.05) is 43.1 Å². The summed E-state index contributed by atoms with van der Waals surface area (Å²) in [6.07, 6.45) is 2.47. The molecule has 3 rings (SSSR count). The van der Waals surface area contributed by atoms with Gasteiger partial charge in [-0.2, -0.15) is 0 Å². The zero-order valence-electron chi connectivity index (χ0n) is 18.8. The number of likely N-dealkylation sites (N-methyl/N-ethyl adjacent to an activating group) is 1. The van der Waals surface area contributed by atoms with Crippen LogP contribution in [0.15, 0.2) is 52.3 Å². The highest BCUT2D eigenvalue weighted by molar-refractivity contribution is 7.99. The Labute approximate surface area is 198 Å². The molecule has 0 N–H and O–H groups in total. The number of thioether (sulfide) groups is 2. The molecule has 1 amide bonds. The number of carbonyl (C=O) groups excluding carboxylic acids is 1. The van der Waals surface area contributed by atoms with Crippen molar-refractivity contribution >= 4 is 56.1 Å². The first kappa shape index (κ1) is 24.1. The molecule has 0 bridgehead atoms. The molecule has 1 aromatic heterocycles. The Morgan fingerprint density at radius 2 is 1.71 bits per heavy atom. The second-order valence-corrected chi connectivity index (χ2v) is 10.4. The van der Waals surface area contributed by atoms with Gasteiger partial charge in [-0.1, -0.05) is 44.2 Å². The van der Waals surface area contributed by atoms with Crippen molar-refractivity contribution in [2.24, 2.45) is 0 Å². The second kappa shape index (κ2) is 11.9. The van der Waals surface area contributed by atoms with Crippen LogP contribution in [0.1, 0.15) is 26.3 Å². The van der Waals surface area contributed by atoms with Crippen LogP contribution in [0.3, 0.4) is 0 Å². The van der Waals surface area contributed by atoms with Gasteiger partial charge in [-0.25, -0.2) is 4.98 Å². The summed E-state index contributed by atoms with van der Waals surface area (Å²) in [4.78, 5) is 24.9. The van der Waals surface area contributed by atoms with Gasteiger partial charge in [0, 0.05) is 22.9 Å². The van der Waals surface area contributed by atoms with Gasteiger partial charge >= 0.3 is 0 Å². The molecule has 3 aromatic rings. The van der Waals surface area contributed by atoms with Crippen LogP contribution < -0.4 is 4.90 Å². The van der Waals surface area contributed by atoms with E-state index in [9.17, 15) is 4.79 Å². The van der Waals surface area contributed by atoms with Gasteiger partial charge < -0.3 is 4.90 Å². The minimum atomic E-state index is 0.104. The van der Waals surface area contributed by atoms with Crippen molar-refractivity contribution in [3.63, 3.8) is 0 Å². The van der Waals surface area contributed by atoms with Crippen LogP contribution in [-0.4, -0.2) is 54.0 Å². The molecule has 0 atom stereocenters. The first-order chi connectivity index (χ1) is 15.1. The van der Waals surface area contributed by atoms with E-state index < -0.39 is 0 Å². The first-order valence-electron chi connectivity index (χ1n) is 10.8. The van der Waals surface area contributed by atoms with Crippen molar-refractivity contribution < 1.29 is 4.79 Å². The second-order valence-electron chi connectivity index (χ2n) is 7.16. The Hall–Kier alpha value is -1.54. The Bertz CT molecular complexity index is 983. The Kier molecular flexibility index (Phi) is 9.26. The van der Waals surface area contributed by atoms with Crippen LogP contribution in [0.2, 0.25) is 0 Å². The number of aromatic nitrogens is 1. The Morgan fingerprint density at radius 1 is 1.00 bits per heavy atom. The van der Waals surface area contributed by atoms with Gasteiger partial charge in [0.15, 0.2) is 5.13 Å². The number of carbonyl (C=O) groups is 1. The Balaban J connectivity index is 1.83. The third-order valence-electron chi connectivity index (χ3n) is 5.24. The van der Waals surface area contributed by atoms with E-state index >= 15 is 0 Å². The number of nitrogens with zero attached hydrogens (tertiary/aromatic N) is 3. The molecule has 0 unspecified atom stereocenters. The monoisotopic (exact) mass is 473 g/mol. The summed E-state index contributed by atoms with van der Waals surface area (Å²) in [7, 11) is 0. The summed E-state index contributed by atoms with van der Waals surface area (Å²) >= 11 is 5.15. The van der Waals surface area contributed by atoms with Gasteiger partial charge in [0.2, 0.25) is 5.91 Å². The molecule has 31 heavy (non-hydrogen) atoms. The van der Waals surface area contributed by atoms with Crippen LogP contribution in [0.5, 0.6) is 0 Å². The summed E-state index contributed by atoms with van der Waals surface area (Å²) in [5, 5.41) is 0.795. The van der Waals surface area contributed by atoms with Crippen LogP contribution in [0.25, 0.3) is 10.2 Å². The summed E-state index contributed by atoms with van der Waals surface area (Å²) < 4.78 is 1.13. The maximum absolute atomic E-state index is 13.4. The molecule has 0 aliphatic carbocycles. The molecule has 166 valence electrons. The van der Waals surface area contributed by atoms with E-state index in [-0.39, 0.29) is 5.91 Å². The lowest BCUT2D eigenvalue weighted by molar-refractivity contribution is -0.118. The van der Waals surface area contributed by atoms with Crippen LogP contribution in [0, 0.1) is 0 Å². The molecule has 0 saturated carbocycles. The van der Waals surface area contributed by atoms with E-state index in [2.05, 4.69) is 74.4 Å². The predicted molar refractivity (Wildman–Crippen MR) is 138 cm³/mol. The third kappa shape index (κ3) is 6.48. The standard InChI is InChI=1S/C24H31N3OS3/c1-5-26(6-2)14-15-27(23(28)16-18-8-10-19(11-9-18)30-7-3)24-25-21-13-12-20(29-4)17-22(21)31-24/h8-13,17H,5-7,14-16H2,1-4H3. The highest BCUT2D eigenvalue weighted by atomic mass is 32.2. The molecule has 0 aliphatic rings. The zero-order chi connectivity index (χ0) is 22.2. The maximum Gasteiger partial charge on any atom is 0.233 e. The normalized spacial score (nSPS) is 11.4. The fourth-order valence-electron chi connectivity index (χ4n) is 3.38. The number of hydrogen-bond donors (Lipinski definition) is 0. The molecule has 0 saturated heterocycles. The number of benzene rings is 2. The Morgan fingerprint density at radius 3 is 2.35 bits per heavy atom. The van der Waals surface area contributed by atoms with Gasteiger partial charge in [0.1, 0.15) is 0 Å². The minimum absolute atomic E-state index is 0.104. The summed E-state index contributed by atoms with van der Waals surface area (Å²) in [6.45, 7) is 9.92. The SMILES string of the molecule is CCSc1ccc(CC(=O)N(CCN(CC)CC)c2nc3ccc(SC)cc3s2)cc1. The van der Waals surface area contributed by atoms with E-state index in [1.54, 1.807) is 23.1 Å². The van der Waals surface area contributed by atoms with E-state index in [0.717, 1.165) is 46.3 Å². The molecule has 0 radical (unpaired) electrons. The fourth-order valence-corrected chi connectivity index (χ4v) is 5.61. The lowest BCUT2D eigenvalue weighted by atomic mass is 10.1. The largest absolute Gasteiger partial charge is 0.302 e. The molecule has 7 heteroatoms. The predicted octanol–water partition coefficient (Wildman–Crippen LogP) is 6.05. The minimum Gasteiger partial charge on any atom is -0.302 e. The van der Waals surface area contributed by atoms with Crippen molar-refractivity contribution in [1.82, 2.24) is 9.88 Å². The van der Waals surface area contributed by atoms with Crippen molar-refractivity contribution in [3.05, 3.63) is 48.0 Å². The van der Waals surface area contributed by atoms with Crippen molar-refractivity contribution in [3.8, 4) is 0 Å². The van der Waals surface area contributed by atoms with E-state index in [0.29, 0.717) is 13.0 Å². The first-order valence-corrected chi connectivity index (χ1v) is 13.8. The third-order valence-corrected chi connectivity index (χ3v) is 7.90. The highest BCUT2D eigenvalue weighted by Gasteiger charge is 2.21. The average molecular weight is 474 g/mol. The summed E-state index contributed by atoms with van der Waals surface area (Å²) in [6, 6.07) is 14.7. The number of fused-ring (bicyclic) bond motifs is 1. The van der Waals surface area contributed by atoms with Gasteiger partial charge in [-0.05, 0) is 61.0 Å². The van der Waals surface area contributed by atoms with Crippen LogP contribution in [0.4, 0.5) is 5.13 Å². The number of rotatable bonds is 11. The van der Waals surface area contributed by atoms with E-state index in [4.69, 9.17) is 4.98 Å². The molecule has 0 aliphatic heterocycles. The molecular formula is C24H31N3OS3. The molecule has 4 nitrogen and oxygen atoms in total. The van der Waals surface area contributed by atoms with Crippen LogP contribution >= 0.6 is 34.9 Å². The lowest BCUT2D eigenvalue weighted by Crippen LogP contribution is -2.39. The molecule has 2 aromatic carbocycles. The maximum atomic E-state index is 13.4. The van der Waals surface area contributed by atoms with Crippen molar-refractivity contribution in [1.29, 1.82) is 0 Å². The average Bonchev–Trinajstić information content (AvgIpc) is 3.21. The smallest absolute Gasteiger partial charge is 0.233 e. The number of anilines is 1. The number of hydrogen-bond acceptors (Lipinski definition) is 6. The van der Waals surface area contributed by atoms with Gasteiger partial charge in [-0.15, -0.1) is 23.5 Å². The fraction of sp³-hybridized carbons (Fsp3) is 0.417. The van der Waals surface area contributed by atoms with E-state index in [1.165, 1.54) is 9.79 Å². The van der Waals surface area contributed by atoms with Crippen LogP contribution in [-0.2, 0) is 11.2 Å². The summed E-state index contributed by atoms with van der Waals surface area (Å²) in [5.74, 6) is 1.15. The molecule has 1 heterocycles. The molecular weight excluding hydrogens is 442 g/mol. The highest BCUT2D eigenvalue weighted by Crippen LogP contribution is 2.32. The van der Waals surface area contributed by atoms with E-state index in [1.807, 2.05) is 16.7 Å². The zero-order valence-corrected chi connectivity index (χ0v) is 21.2. The number of thiazole rings is 1. The topological polar surface area (TPSA) is 36.4 Å². The quantitative estimate of drug-likeness (QED) is 0.317. The molecule has 0 fully saturated rings.